The summed E-state index contributed by atoms with van der Waals surface area (Å²) in [6.45, 7) is 1.67. The highest BCUT2D eigenvalue weighted by molar-refractivity contribution is 7.89. The van der Waals surface area contributed by atoms with Gasteiger partial charge in [0, 0.05) is 12.6 Å². The van der Waals surface area contributed by atoms with Crippen LogP contribution in [-0.4, -0.2) is 21.0 Å². The maximum absolute atomic E-state index is 12.7. The van der Waals surface area contributed by atoms with Crippen LogP contribution >= 0.6 is 12.4 Å². The molecule has 0 aliphatic carbocycles. The lowest BCUT2D eigenvalue weighted by molar-refractivity contribution is -0.139. The molecule has 0 fully saturated rings. The monoisotopic (exact) mass is 332 g/mol. The lowest BCUT2D eigenvalue weighted by Gasteiger charge is -2.14. The molecule has 0 aliphatic rings. The summed E-state index contributed by atoms with van der Waals surface area (Å²) in [5, 5.41) is 0. The molecular formula is C11H16ClF3N2O2S. The number of sulfonamides is 1. The zero-order chi connectivity index (χ0) is 14.7. The highest BCUT2D eigenvalue weighted by Crippen LogP contribution is 2.33. The molecule has 1 unspecified atom stereocenters. The summed E-state index contributed by atoms with van der Waals surface area (Å²) in [5.41, 5.74) is 4.27. The summed E-state index contributed by atoms with van der Waals surface area (Å²) in [6.07, 6.45) is -4.38. The molecule has 1 atom stereocenters. The van der Waals surface area contributed by atoms with Crippen LogP contribution in [0.4, 0.5) is 13.2 Å². The molecule has 1 rings (SSSR count). The van der Waals surface area contributed by atoms with Gasteiger partial charge in [-0.15, -0.1) is 12.4 Å². The van der Waals surface area contributed by atoms with Crippen LogP contribution < -0.4 is 10.5 Å². The van der Waals surface area contributed by atoms with Gasteiger partial charge in [-0.05, 0) is 25.5 Å². The van der Waals surface area contributed by atoms with E-state index in [-0.39, 0.29) is 25.0 Å². The molecule has 9 heteroatoms. The number of benzene rings is 1. The van der Waals surface area contributed by atoms with E-state index in [9.17, 15) is 21.6 Å². The van der Waals surface area contributed by atoms with E-state index in [1.165, 1.54) is 6.07 Å². The normalized spacial score (nSPS) is 13.7. The number of alkyl halides is 3. The standard InChI is InChI=1S/C11H15F3N2O2S.ClH/c1-8(15)6-7-16-19(17,18)10-5-3-2-4-9(10)11(12,13)14;/h2-5,8,16H,6-7,15H2,1H3;1H. The van der Waals surface area contributed by atoms with Gasteiger partial charge in [-0.25, -0.2) is 13.1 Å². The Kier molecular flexibility index (Phi) is 6.96. The van der Waals surface area contributed by atoms with E-state index in [0.717, 1.165) is 18.2 Å². The maximum Gasteiger partial charge on any atom is 0.417 e. The predicted molar refractivity (Wildman–Crippen MR) is 72.1 cm³/mol. The SMILES string of the molecule is CC(N)CCNS(=O)(=O)c1ccccc1C(F)(F)F.Cl. The molecule has 116 valence electrons. The molecule has 20 heavy (non-hydrogen) atoms. The van der Waals surface area contributed by atoms with Crippen LogP contribution in [0.3, 0.4) is 0 Å². The van der Waals surface area contributed by atoms with E-state index in [2.05, 4.69) is 4.72 Å². The third kappa shape index (κ3) is 5.28. The summed E-state index contributed by atoms with van der Waals surface area (Å²) in [7, 11) is -4.20. The van der Waals surface area contributed by atoms with Crippen molar-refractivity contribution >= 4 is 22.4 Å². The summed E-state index contributed by atoms with van der Waals surface area (Å²) >= 11 is 0. The summed E-state index contributed by atoms with van der Waals surface area (Å²) < 4.78 is 63.9. The topological polar surface area (TPSA) is 72.2 Å². The molecule has 3 N–H and O–H groups in total. The third-order valence-corrected chi connectivity index (χ3v) is 3.89. The Morgan fingerprint density at radius 2 is 1.85 bits per heavy atom. The second-order valence-electron chi connectivity index (χ2n) is 4.16. The Morgan fingerprint density at radius 1 is 1.30 bits per heavy atom. The largest absolute Gasteiger partial charge is 0.417 e. The number of hydrogen-bond acceptors (Lipinski definition) is 3. The van der Waals surface area contributed by atoms with Crippen molar-refractivity contribution in [3.8, 4) is 0 Å². The zero-order valence-electron chi connectivity index (χ0n) is 10.6. The van der Waals surface area contributed by atoms with Crippen LogP contribution in [0.15, 0.2) is 29.2 Å². The molecule has 0 saturated carbocycles. The minimum atomic E-state index is -4.72. The van der Waals surface area contributed by atoms with E-state index in [4.69, 9.17) is 5.73 Å². The van der Waals surface area contributed by atoms with Crippen molar-refractivity contribution in [2.45, 2.75) is 30.5 Å². The Bertz CT molecular complexity index is 533. The minimum absolute atomic E-state index is 0. The number of hydrogen-bond donors (Lipinski definition) is 2. The van der Waals surface area contributed by atoms with E-state index >= 15 is 0 Å². The van der Waals surface area contributed by atoms with Gasteiger partial charge in [-0.2, -0.15) is 13.2 Å². The quantitative estimate of drug-likeness (QED) is 0.867. The van der Waals surface area contributed by atoms with Crippen LogP contribution in [0.2, 0.25) is 0 Å². The number of rotatable bonds is 5. The summed E-state index contributed by atoms with van der Waals surface area (Å²) in [5.74, 6) is 0. The van der Waals surface area contributed by atoms with Crippen molar-refractivity contribution in [3.05, 3.63) is 29.8 Å². The number of nitrogens with one attached hydrogen (secondary N) is 1. The first kappa shape index (κ1) is 19.2. The van der Waals surface area contributed by atoms with Crippen LogP contribution in [0.1, 0.15) is 18.9 Å². The molecular weight excluding hydrogens is 317 g/mol. The smallest absolute Gasteiger partial charge is 0.328 e. The Morgan fingerprint density at radius 3 is 2.35 bits per heavy atom. The Labute approximate surface area is 122 Å². The maximum atomic E-state index is 12.7. The molecule has 0 radical (unpaired) electrons. The van der Waals surface area contributed by atoms with Gasteiger partial charge in [0.1, 0.15) is 0 Å². The van der Waals surface area contributed by atoms with E-state index in [1.807, 2.05) is 0 Å². The molecule has 0 amide bonds. The van der Waals surface area contributed by atoms with Crippen molar-refractivity contribution in [1.29, 1.82) is 0 Å². The molecule has 0 aliphatic heterocycles. The fourth-order valence-corrected chi connectivity index (χ4v) is 2.71. The Balaban J connectivity index is 0.00000361. The minimum Gasteiger partial charge on any atom is -0.328 e. The van der Waals surface area contributed by atoms with Gasteiger partial charge in [0.15, 0.2) is 0 Å². The van der Waals surface area contributed by atoms with Gasteiger partial charge in [0.25, 0.3) is 0 Å². The molecule has 1 aromatic rings. The van der Waals surface area contributed by atoms with E-state index in [0.29, 0.717) is 6.42 Å². The number of halogens is 4. The lowest BCUT2D eigenvalue weighted by Crippen LogP contribution is -2.30. The van der Waals surface area contributed by atoms with Gasteiger partial charge >= 0.3 is 6.18 Å². The first-order valence-corrected chi connectivity index (χ1v) is 7.04. The summed E-state index contributed by atoms with van der Waals surface area (Å²) in [6, 6.07) is 3.82. The second-order valence-corrected chi connectivity index (χ2v) is 5.89. The van der Waals surface area contributed by atoms with Crippen LogP contribution in [0.25, 0.3) is 0 Å². The van der Waals surface area contributed by atoms with Crippen molar-refractivity contribution < 1.29 is 21.6 Å². The van der Waals surface area contributed by atoms with Gasteiger partial charge in [0.05, 0.1) is 10.5 Å². The second kappa shape index (κ2) is 7.26. The fraction of sp³-hybridized carbons (Fsp3) is 0.455. The van der Waals surface area contributed by atoms with Crippen molar-refractivity contribution in [2.75, 3.05) is 6.54 Å². The molecule has 0 aromatic heterocycles. The molecule has 4 nitrogen and oxygen atoms in total. The molecule has 1 aromatic carbocycles. The van der Waals surface area contributed by atoms with Crippen molar-refractivity contribution in [3.63, 3.8) is 0 Å². The van der Waals surface area contributed by atoms with Crippen molar-refractivity contribution in [1.82, 2.24) is 4.72 Å². The predicted octanol–water partition coefficient (Wildman–Crippen LogP) is 2.14. The average molecular weight is 333 g/mol. The molecule has 0 spiro atoms. The van der Waals surface area contributed by atoms with Gasteiger partial charge in [-0.1, -0.05) is 12.1 Å². The first-order valence-electron chi connectivity index (χ1n) is 5.56. The third-order valence-electron chi connectivity index (χ3n) is 2.37. The molecule has 0 saturated heterocycles. The van der Waals surface area contributed by atoms with Gasteiger partial charge in [-0.3, -0.25) is 0 Å². The van der Waals surface area contributed by atoms with Gasteiger partial charge < -0.3 is 5.73 Å². The fourth-order valence-electron chi connectivity index (χ4n) is 1.43. The molecule has 0 heterocycles. The van der Waals surface area contributed by atoms with E-state index in [1.54, 1.807) is 6.92 Å². The lowest BCUT2D eigenvalue weighted by atomic mass is 10.2. The highest BCUT2D eigenvalue weighted by Gasteiger charge is 2.36. The van der Waals surface area contributed by atoms with Crippen LogP contribution in [0, 0.1) is 0 Å². The van der Waals surface area contributed by atoms with Gasteiger partial charge in [0.2, 0.25) is 10.0 Å². The summed E-state index contributed by atoms with van der Waals surface area (Å²) in [4.78, 5) is -0.771. The van der Waals surface area contributed by atoms with Crippen LogP contribution in [0.5, 0.6) is 0 Å². The average Bonchev–Trinajstić information content (AvgIpc) is 2.27. The molecule has 0 bridgehead atoms. The van der Waals surface area contributed by atoms with Crippen LogP contribution in [-0.2, 0) is 16.2 Å². The highest BCUT2D eigenvalue weighted by atomic mass is 35.5. The van der Waals surface area contributed by atoms with E-state index < -0.39 is 26.7 Å². The first-order chi connectivity index (χ1) is 8.64. The number of nitrogens with two attached hydrogens (primary N) is 1. The zero-order valence-corrected chi connectivity index (χ0v) is 12.3. The van der Waals surface area contributed by atoms with Crippen molar-refractivity contribution in [2.24, 2.45) is 5.73 Å². The Hall–Kier alpha value is -0.830.